The minimum absolute atomic E-state index is 0.175. The van der Waals surface area contributed by atoms with E-state index in [4.69, 9.17) is 4.74 Å². The number of hydrogen-bond acceptors (Lipinski definition) is 2. The molecule has 1 saturated carbocycles. The average molecular weight is 274 g/mol. The van der Waals surface area contributed by atoms with E-state index in [0.29, 0.717) is 11.5 Å². The van der Waals surface area contributed by atoms with Crippen LogP contribution in [0.5, 0.6) is 0 Å². The lowest BCUT2D eigenvalue weighted by molar-refractivity contribution is -0.00608. The Balaban J connectivity index is 2.04. The first kappa shape index (κ1) is 15.1. The Morgan fingerprint density at radius 1 is 1.15 bits per heavy atom. The summed E-state index contributed by atoms with van der Waals surface area (Å²) in [5.74, 6) is 0.415. The van der Waals surface area contributed by atoms with Gasteiger partial charge < -0.3 is 4.74 Å². The molecule has 0 amide bonds. The highest BCUT2D eigenvalue weighted by molar-refractivity contribution is 5.89. The van der Waals surface area contributed by atoms with Gasteiger partial charge in [-0.1, -0.05) is 26.0 Å². The summed E-state index contributed by atoms with van der Waals surface area (Å²) in [7, 11) is 0. The van der Waals surface area contributed by atoms with E-state index in [1.54, 1.807) is 0 Å². The lowest BCUT2D eigenvalue weighted by Gasteiger charge is -2.24. The first-order valence-electron chi connectivity index (χ1n) is 7.91. The van der Waals surface area contributed by atoms with E-state index in [9.17, 15) is 4.79 Å². The molecule has 20 heavy (non-hydrogen) atoms. The van der Waals surface area contributed by atoms with Crippen molar-refractivity contribution >= 4 is 5.97 Å². The molecule has 1 aliphatic carbocycles. The number of benzene rings is 1. The van der Waals surface area contributed by atoms with Crippen LogP contribution in [0.3, 0.4) is 0 Å². The van der Waals surface area contributed by atoms with Crippen molar-refractivity contribution in [2.45, 2.75) is 70.8 Å². The van der Waals surface area contributed by atoms with Crippen LogP contribution >= 0.6 is 0 Å². The van der Waals surface area contributed by atoms with Gasteiger partial charge in [-0.15, -0.1) is 0 Å². The number of ether oxygens (including phenoxy) is 1. The van der Waals surface area contributed by atoms with Crippen molar-refractivity contribution in [2.24, 2.45) is 0 Å². The maximum Gasteiger partial charge on any atom is 0.338 e. The maximum atomic E-state index is 12.2. The van der Waals surface area contributed by atoms with E-state index in [2.05, 4.69) is 32.9 Å². The van der Waals surface area contributed by atoms with Crippen molar-refractivity contribution in [1.82, 2.24) is 0 Å². The summed E-state index contributed by atoms with van der Waals surface area (Å²) in [5.41, 5.74) is 1.75. The van der Waals surface area contributed by atoms with Gasteiger partial charge in [0, 0.05) is 0 Å². The van der Waals surface area contributed by atoms with Crippen molar-refractivity contribution < 1.29 is 9.53 Å². The van der Waals surface area contributed by atoms with Gasteiger partial charge in [0.1, 0.15) is 5.60 Å². The summed E-state index contributed by atoms with van der Waals surface area (Å²) >= 11 is 0. The van der Waals surface area contributed by atoms with Crippen LogP contribution in [0, 0.1) is 0 Å². The standard InChI is InChI=1S/C18H26O2/c1-4-14(5-2)15-8-10-16(11-9-15)17(19)20-18(3)12-6-7-13-18/h8-11,14H,4-7,12-13H2,1-3H3. The summed E-state index contributed by atoms with van der Waals surface area (Å²) in [5, 5.41) is 0. The fourth-order valence-electron chi connectivity index (χ4n) is 3.16. The molecule has 0 aliphatic heterocycles. The second kappa shape index (κ2) is 6.43. The molecule has 1 fully saturated rings. The van der Waals surface area contributed by atoms with Gasteiger partial charge in [0.05, 0.1) is 5.56 Å². The van der Waals surface area contributed by atoms with Gasteiger partial charge in [-0.05, 0) is 69.1 Å². The summed E-state index contributed by atoms with van der Waals surface area (Å²) in [6.45, 7) is 6.46. The van der Waals surface area contributed by atoms with E-state index in [1.165, 1.54) is 5.56 Å². The Bertz CT molecular complexity index is 437. The predicted molar refractivity (Wildman–Crippen MR) is 82.1 cm³/mol. The molecule has 0 N–H and O–H groups in total. The van der Waals surface area contributed by atoms with Crippen molar-refractivity contribution in [3.63, 3.8) is 0 Å². The summed E-state index contributed by atoms with van der Waals surface area (Å²) in [6, 6.07) is 7.97. The molecule has 1 aromatic carbocycles. The average Bonchev–Trinajstić information content (AvgIpc) is 2.87. The SMILES string of the molecule is CCC(CC)c1ccc(C(=O)OC2(C)CCCC2)cc1. The Morgan fingerprint density at radius 2 is 1.70 bits per heavy atom. The molecule has 0 saturated heterocycles. The highest BCUT2D eigenvalue weighted by atomic mass is 16.6. The molecule has 2 rings (SSSR count). The molecule has 0 aromatic heterocycles. The highest BCUT2D eigenvalue weighted by Gasteiger charge is 2.32. The first-order chi connectivity index (χ1) is 9.58. The van der Waals surface area contributed by atoms with Crippen molar-refractivity contribution in [1.29, 1.82) is 0 Å². The van der Waals surface area contributed by atoms with Gasteiger partial charge in [0.2, 0.25) is 0 Å². The number of carbonyl (C=O) groups excluding carboxylic acids is 1. The molecule has 110 valence electrons. The Labute approximate surface area is 122 Å². The summed E-state index contributed by atoms with van der Waals surface area (Å²) < 4.78 is 5.70. The highest BCUT2D eigenvalue weighted by Crippen LogP contribution is 2.33. The Morgan fingerprint density at radius 3 is 2.20 bits per heavy atom. The van der Waals surface area contributed by atoms with Crippen LogP contribution in [0.2, 0.25) is 0 Å². The zero-order chi connectivity index (χ0) is 14.6. The predicted octanol–water partition coefficient (Wildman–Crippen LogP) is 5.08. The topological polar surface area (TPSA) is 26.3 Å². The maximum absolute atomic E-state index is 12.2. The van der Waals surface area contributed by atoms with Crippen molar-refractivity contribution in [3.8, 4) is 0 Å². The molecule has 0 heterocycles. The largest absolute Gasteiger partial charge is 0.456 e. The van der Waals surface area contributed by atoms with Crippen LogP contribution < -0.4 is 0 Å². The third kappa shape index (κ3) is 3.41. The molecule has 1 aromatic rings. The van der Waals surface area contributed by atoms with Crippen molar-refractivity contribution in [3.05, 3.63) is 35.4 Å². The fraction of sp³-hybridized carbons (Fsp3) is 0.611. The first-order valence-corrected chi connectivity index (χ1v) is 7.91. The normalized spacial score (nSPS) is 17.4. The lowest BCUT2D eigenvalue weighted by atomic mass is 9.93. The quantitative estimate of drug-likeness (QED) is 0.700. The van der Waals surface area contributed by atoms with Crippen LogP contribution in [0.4, 0.5) is 0 Å². The van der Waals surface area contributed by atoms with E-state index < -0.39 is 0 Å². The monoisotopic (exact) mass is 274 g/mol. The fourth-order valence-corrected chi connectivity index (χ4v) is 3.16. The zero-order valence-electron chi connectivity index (χ0n) is 12.9. The van der Waals surface area contributed by atoms with E-state index >= 15 is 0 Å². The number of hydrogen-bond donors (Lipinski definition) is 0. The van der Waals surface area contributed by atoms with Gasteiger partial charge in [0.25, 0.3) is 0 Å². The number of esters is 1. The van der Waals surface area contributed by atoms with Crippen LogP contribution in [-0.2, 0) is 4.74 Å². The second-order valence-electron chi connectivity index (χ2n) is 6.18. The molecule has 0 bridgehead atoms. The lowest BCUT2D eigenvalue weighted by Crippen LogP contribution is -2.28. The third-order valence-electron chi connectivity index (χ3n) is 4.60. The van der Waals surface area contributed by atoms with Gasteiger partial charge in [0.15, 0.2) is 0 Å². The molecule has 0 unspecified atom stereocenters. The summed E-state index contributed by atoms with van der Waals surface area (Å²) in [6.07, 6.45) is 6.58. The Hall–Kier alpha value is -1.31. The molecule has 2 heteroatoms. The van der Waals surface area contributed by atoms with Gasteiger partial charge in [-0.2, -0.15) is 0 Å². The van der Waals surface area contributed by atoms with Crippen molar-refractivity contribution in [2.75, 3.05) is 0 Å². The molecule has 2 nitrogen and oxygen atoms in total. The Kier molecular flexibility index (Phi) is 4.85. The van der Waals surface area contributed by atoms with Crippen LogP contribution in [-0.4, -0.2) is 11.6 Å². The van der Waals surface area contributed by atoms with Crippen LogP contribution in [0.1, 0.15) is 81.1 Å². The molecular formula is C18H26O2. The van der Waals surface area contributed by atoms with Gasteiger partial charge >= 0.3 is 5.97 Å². The smallest absolute Gasteiger partial charge is 0.338 e. The van der Waals surface area contributed by atoms with Crippen LogP contribution in [0.25, 0.3) is 0 Å². The zero-order valence-corrected chi connectivity index (χ0v) is 12.9. The molecular weight excluding hydrogens is 248 g/mol. The minimum atomic E-state index is -0.245. The third-order valence-corrected chi connectivity index (χ3v) is 4.60. The van der Waals surface area contributed by atoms with Gasteiger partial charge in [-0.25, -0.2) is 4.79 Å². The van der Waals surface area contributed by atoms with E-state index in [-0.39, 0.29) is 11.6 Å². The summed E-state index contributed by atoms with van der Waals surface area (Å²) in [4.78, 5) is 12.2. The number of carbonyl (C=O) groups is 1. The van der Waals surface area contributed by atoms with Gasteiger partial charge in [-0.3, -0.25) is 0 Å². The second-order valence-corrected chi connectivity index (χ2v) is 6.18. The number of rotatable bonds is 5. The van der Waals surface area contributed by atoms with Crippen LogP contribution in [0.15, 0.2) is 24.3 Å². The molecule has 0 spiro atoms. The molecule has 0 radical (unpaired) electrons. The van der Waals surface area contributed by atoms with E-state index in [1.807, 2.05) is 12.1 Å². The van der Waals surface area contributed by atoms with E-state index in [0.717, 1.165) is 38.5 Å². The molecule has 0 atom stereocenters. The minimum Gasteiger partial charge on any atom is -0.456 e. The molecule has 1 aliphatic rings.